The summed E-state index contributed by atoms with van der Waals surface area (Å²) in [7, 11) is 0. The number of hydrogen-bond donors (Lipinski definition) is 1. The van der Waals surface area contributed by atoms with Crippen molar-refractivity contribution in [3.8, 4) is 0 Å². The first-order chi connectivity index (χ1) is 13.0. The summed E-state index contributed by atoms with van der Waals surface area (Å²) >= 11 is 6.14. The third-order valence-electron chi connectivity index (χ3n) is 5.67. The van der Waals surface area contributed by atoms with Crippen LogP contribution in [-0.4, -0.2) is 22.4 Å². The Balaban J connectivity index is 1.65. The van der Waals surface area contributed by atoms with Gasteiger partial charge in [-0.25, -0.2) is 0 Å². The van der Waals surface area contributed by atoms with E-state index in [2.05, 4.69) is 12.2 Å². The molecule has 2 heterocycles. The lowest BCUT2D eigenvalue weighted by atomic mass is 9.87. The molecule has 0 unspecified atom stereocenters. The van der Waals surface area contributed by atoms with E-state index in [4.69, 9.17) is 11.6 Å². The van der Waals surface area contributed by atoms with Crippen LogP contribution in [0.2, 0.25) is 5.02 Å². The molecule has 142 valence electrons. The Morgan fingerprint density at radius 2 is 1.93 bits per heavy atom. The first kappa shape index (κ1) is 18.1. The summed E-state index contributed by atoms with van der Waals surface area (Å²) in [5.74, 6) is 0.482. The molecule has 2 aliphatic rings. The third-order valence-corrected chi connectivity index (χ3v) is 5.91. The zero-order valence-corrected chi connectivity index (χ0v) is 16.2. The molecule has 2 aromatic rings. The number of benzene rings is 1. The van der Waals surface area contributed by atoms with Crippen LogP contribution >= 0.6 is 11.6 Å². The molecule has 1 aliphatic carbocycles. The maximum absolute atomic E-state index is 13.3. The zero-order chi connectivity index (χ0) is 19.0. The van der Waals surface area contributed by atoms with Crippen LogP contribution in [0.1, 0.15) is 44.3 Å². The number of nitrogens with one attached hydrogen (secondary N) is 1. The maximum atomic E-state index is 13.3. The average Bonchev–Trinajstić information content (AvgIpc) is 3.10. The predicted molar refractivity (Wildman–Crippen MR) is 106 cm³/mol. The summed E-state index contributed by atoms with van der Waals surface area (Å²) < 4.78 is 1.86. The second-order valence-corrected chi connectivity index (χ2v) is 8.11. The smallest absolute Gasteiger partial charge is 0.249 e. The number of halogens is 1. The molecular weight excluding hydrogens is 362 g/mol. The van der Waals surface area contributed by atoms with Crippen molar-refractivity contribution in [1.82, 2.24) is 9.88 Å². The lowest BCUT2D eigenvalue weighted by Crippen LogP contribution is -2.51. The van der Waals surface area contributed by atoms with Crippen molar-refractivity contribution >= 4 is 29.1 Å². The quantitative estimate of drug-likeness (QED) is 0.870. The Morgan fingerprint density at radius 1 is 1.15 bits per heavy atom. The summed E-state index contributed by atoms with van der Waals surface area (Å²) in [6, 6.07) is 10.4. The standard InChI is InChI=1S/C21H24ClN3O2/c1-14-7-9-16(10-8-14)23-21(27)20-18-6-3-11-24(18)13-19(26)25(20)17-5-2-4-15(22)12-17/h2-6,11-12,14,16,20H,7-10,13H2,1H3,(H,23,27)/t14?,16?,20-/m1/s1. The predicted octanol–water partition coefficient (Wildman–Crippen LogP) is 3.92. The van der Waals surface area contributed by atoms with Gasteiger partial charge in [0.25, 0.3) is 0 Å². The summed E-state index contributed by atoms with van der Waals surface area (Å²) in [5, 5.41) is 3.74. The molecule has 1 aromatic heterocycles. The number of nitrogens with zero attached hydrogens (tertiary/aromatic N) is 2. The van der Waals surface area contributed by atoms with Gasteiger partial charge in [0.15, 0.2) is 6.04 Å². The molecule has 2 amide bonds. The van der Waals surface area contributed by atoms with Crippen LogP contribution in [0.15, 0.2) is 42.6 Å². The van der Waals surface area contributed by atoms with Crippen molar-refractivity contribution in [2.75, 3.05) is 4.90 Å². The van der Waals surface area contributed by atoms with E-state index in [1.54, 1.807) is 23.1 Å². The third kappa shape index (κ3) is 3.61. The van der Waals surface area contributed by atoms with Crippen molar-refractivity contribution in [1.29, 1.82) is 0 Å². The number of hydrogen-bond acceptors (Lipinski definition) is 2. The average molecular weight is 386 g/mol. The highest BCUT2D eigenvalue weighted by atomic mass is 35.5. The fourth-order valence-corrected chi connectivity index (χ4v) is 4.36. The van der Waals surface area contributed by atoms with Gasteiger partial charge in [-0.3, -0.25) is 14.5 Å². The van der Waals surface area contributed by atoms with Gasteiger partial charge in [0.05, 0.1) is 5.69 Å². The van der Waals surface area contributed by atoms with Crippen LogP contribution in [0, 0.1) is 5.92 Å². The highest BCUT2D eigenvalue weighted by Crippen LogP contribution is 2.34. The van der Waals surface area contributed by atoms with Crippen LogP contribution in [0.3, 0.4) is 0 Å². The number of carbonyl (C=O) groups is 2. The van der Waals surface area contributed by atoms with E-state index in [9.17, 15) is 9.59 Å². The molecule has 0 saturated heterocycles. The first-order valence-electron chi connectivity index (χ1n) is 9.56. The molecule has 0 bridgehead atoms. The van der Waals surface area contributed by atoms with Gasteiger partial charge >= 0.3 is 0 Å². The molecule has 6 heteroatoms. The SMILES string of the molecule is CC1CCC(NC(=O)[C@H]2c3cccn3CC(=O)N2c2cccc(Cl)c2)CC1. The van der Waals surface area contributed by atoms with Crippen LogP contribution in [0.4, 0.5) is 5.69 Å². The molecule has 4 rings (SSSR count). The lowest BCUT2D eigenvalue weighted by molar-refractivity contribution is -0.128. The molecule has 5 nitrogen and oxygen atoms in total. The molecule has 1 atom stereocenters. The minimum Gasteiger partial charge on any atom is -0.351 e. The van der Waals surface area contributed by atoms with Gasteiger partial charge in [0.2, 0.25) is 11.8 Å². The fourth-order valence-electron chi connectivity index (χ4n) is 4.17. The Kier molecular flexibility index (Phi) is 4.96. The molecular formula is C21H24ClN3O2. The summed E-state index contributed by atoms with van der Waals surface area (Å²) in [4.78, 5) is 27.8. The van der Waals surface area contributed by atoms with Crippen LogP contribution < -0.4 is 10.2 Å². The second kappa shape index (κ2) is 7.39. The van der Waals surface area contributed by atoms with Gasteiger partial charge in [-0.05, 0) is 61.9 Å². The van der Waals surface area contributed by atoms with Crippen molar-refractivity contribution in [2.24, 2.45) is 5.92 Å². The molecule has 0 spiro atoms. The van der Waals surface area contributed by atoms with E-state index < -0.39 is 6.04 Å². The van der Waals surface area contributed by atoms with Gasteiger partial charge in [-0.15, -0.1) is 0 Å². The van der Waals surface area contributed by atoms with E-state index in [0.29, 0.717) is 10.7 Å². The zero-order valence-electron chi connectivity index (χ0n) is 15.4. The fraction of sp³-hybridized carbons (Fsp3) is 0.429. The van der Waals surface area contributed by atoms with Gasteiger partial charge < -0.3 is 9.88 Å². The monoisotopic (exact) mass is 385 g/mol. The molecule has 27 heavy (non-hydrogen) atoms. The van der Waals surface area contributed by atoms with E-state index in [1.165, 1.54) is 0 Å². The summed E-state index contributed by atoms with van der Waals surface area (Å²) in [5.41, 5.74) is 1.48. The number of amides is 2. The van der Waals surface area contributed by atoms with Gasteiger partial charge in [0, 0.05) is 22.9 Å². The van der Waals surface area contributed by atoms with Crippen molar-refractivity contribution in [3.63, 3.8) is 0 Å². The Hall–Kier alpha value is -2.27. The van der Waals surface area contributed by atoms with E-state index in [0.717, 1.165) is 37.3 Å². The van der Waals surface area contributed by atoms with Crippen LogP contribution in [-0.2, 0) is 16.1 Å². The number of fused-ring (bicyclic) bond motifs is 1. The summed E-state index contributed by atoms with van der Waals surface area (Å²) in [6.45, 7) is 2.48. The van der Waals surface area contributed by atoms with Crippen LogP contribution in [0.5, 0.6) is 0 Å². The molecule has 1 saturated carbocycles. The van der Waals surface area contributed by atoms with Crippen molar-refractivity contribution in [3.05, 3.63) is 53.3 Å². The molecule has 1 N–H and O–H groups in total. The number of aromatic nitrogens is 1. The van der Waals surface area contributed by atoms with Crippen LogP contribution in [0.25, 0.3) is 0 Å². The van der Waals surface area contributed by atoms with Gasteiger partial charge in [0.1, 0.15) is 6.54 Å². The lowest BCUT2D eigenvalue weighted by Gasteiger charge is -2.37. The normalized spacial score (nSPS) is 25.2. The summed E-state index contributed by atoms with van der Waals surface area (Å²) in [6.07, 6.45) is 6.09. The molecule has 0 radical (unpaired) electrons. The topological polar surface area (TPSA) is 54.3 Å². The Labute approximate surface area is 164 Å². The van der Waals surface area contributed by atoms with Crippen molar-refractivity contribution < 1.29 is 9.59 Å². The maximum Gasteiger partial charge on any atom is 0.249 e. The van der Waals surface area contributed by atoms with Gasteiger partial charge in [-0.2, -0.15) is 0 Å². The van der Waals surface area contributed by atoms with Gasteiger partial charge in [-0.1, -0.05) is 24.6 Å². The largest absolute Gasteiger partial charge is 0.351 e. The molecule has 1 aromatic carbocycles. The van der Waals surface area contributed by atoms with Crippen molar-refractivity contribution in [2.45, 2.75) is 51.2 Å². The van der Waals surface area contributed by atoms with E-state index >= 15 is 0 Å². The Morgan fingerprint density at radius 3 is 2.67 bits per heavy atom. The number of anilines is 1. The first-order valence-corrected chi connectivity index (χ1v) is 9.94. The number of rotatable bonds is 3. The van der Waals surface area contributed by atoms with E-state index in [1.807, 2.05) is 29.0 Å². The number of carbonyl (C=O) groups excluding carboxylic acids is 2. The minimum atomic E-state index is -0.681. The second-order valence-electron chi connectivity index (χ2n) is 7.67. The highest BCUT2D eigenvalue weighted by Gasteiger charge is 2.39. The Bertz CT molecular complexity index is 855. The minimum absolute atomic E-state index is 0.113. The highest BCUT2D eigenvalue weighted by molar-refractivity contribution is 6.31. The molecule has 1 aliphatic heterocycles. The molecule has 1 fully saturated rings. The van der Waals surface area contributed by atoms with E-state index in [-0.39, 0.29) is 24.4 Å².